The lowest BCUT2D eigenvalue weighted by Crippen LogP contribution is -2.46. The van der Waals surface area contributed by atoms with Gasteiger partial charge in [-0.1, -0.05) is 6.42 Å². The molecule has 5 nitrogen and oxygen atoms in total. The predicted octanol–water partition coefficient (Wildman–Crippen LogP) is -0.190. The highest BCUT2D eigenvalue weighted by molar-refractivity contribution is 5.74. The average molecular weight is 215 g/mol. The van der Waals surface area contributed by atoms with E-state index in [4.69, 9.17) is 5.11 Å². The zero-order chi connectivity index (χ0) is 10.9. The number of aliphatic hydroxyl groups excluding tert-OH is 1. The van der Waals surface area contributed by atoms with E-state index in [1.54, 1.807) is 0 Å². The maximum absolute atomic E-state index is 11.4. The second kappa shape index (κ2) is 7.48. The van der Waals surface area contributed by atoms with Crippen molar-refractivity contribution >= 4 is 6.03 Å². The smallest absolute Gasteiger partial charge is 0.315 e. The lowest BCUT2D eigenvalue weighted by Gasteiger charge is -2.16. The molecule has 0 aromatic carbocycles. The van der Waals surface area contributed by atoms with Gasteiger partial charge in [0.15, 0.2) is 0 Å². The fourth-order valence-electron chi connectivity index (χ4n) is 1.66. The van der Waals surface area contributed by atoms with Gasteiger partial charge >= 0.3 is 6.03 Å². The largest absolute Gasteiger partial charge is 0.396 e. The van der Waals surface area contributed by atoms with Gasteiger partial charge in [-0.2, -0.15) is 0 Å². The van der Waals surface area contributed by atoms with Gasteiger partial charge in [-0.15, -0.1) is 0 Å². The molecule has 1 unspecified atom stereocenters. The molecule has 88 valence electrons. The van der Waals surface area contributed by atoms with Crippen LogP contribution >= 0.6 is 0 Å². The van der Waals surface area contributed by atoms with E-state index in [0.29, 0.717) is 13.0 Å². The highest BCUT2D eigenvalue weighted by atomic mass is 16.3. The monoisotopic (exact) mass is 215 g/mol. The molecule has 1 aliphatic heterocycles. The number of aliphatic hydroxyl groups is 1. The van der Waals surface area contributed by atoms with Gasteiger partial charge in [-0.3, -0.25) is 0 Å². The first-order valence-corrected chi connectivity index (χ1v) is 5.69. The van der Waals surface area contributed by atoms with Crippen LogP contribution in [0.4, 0.5) is 4.79 Å². The Morgan fingerprint density at radius 3 is 3.13 bits per heavy atom. The first kappa shape index (κ1) is 12.3. The summed E-state index contributed by atoms with van der Waals surface area (Å²) in [5, 5.41) is 17.5. The number of carbonyl (C=O) groups excluding carboxylic acids is 1. The topological polar surface area (TPSA) is 73.4 Å². The highest BCUT2D eigenvalue weighted by Gasteiger charge is 2.13. The molecule has 4 N–H and O–H groups in total. The van der Waals surface area contributed by atoms with Crippen molar-refractivity contribution in [2.45, 2.75) is 31.7 Å². The summed E-state index contributed by atoms with van der Waals surface area (Å²) in [6.07, 6.45) is 4.00. The third-order valence-corrected chi connectivity index (χ3v) is 2.50. The summed E-state index contributed by atoms with van der Waals surface area (Å²) < 4.78 is 0. The van der Waals surface area contributed by atoms with Crippen LogP contribution in [0.15, 0.2) is 0 Å². The molecule has 0 aromatic rings. The number of hydrogen-bond acceptors (Lipinski definition) is 3. The van der Waals surface area contributed by atoms with E-state index in [2.05, 4.69) is 16.0 Å². The average Bonchev–Trinajstić information content (AvgIpc) is 2.47. The number of nitrogens with one attached hydrogen (secondary N) is 3. The Kier molecular flexibility index (Phi) is 6.11. The standard InChI is InChI=1S/C10H21N3O2/c14-7-3-6-12-10(15)13-9-4-1-2-5-11-8-9/h9,11,14H,1-8H2,(H2,12,13,15). The van der Waals surface area contributed by atoms with Crippen LogP contribution in [0.25, 0.3) is 0 Å². The van der Waals surface area contributed by atoms with Crippen LogP contribution in [0, 0.1) is 0 Å². The van der Waals surface area contributed by atoms with Gasteiger partial charge in [-0.25, -0.2) is 4.79 Å². The van der Waals surface area contributed by atoms with Crippen molar-refractivity contribution in [1.82, 2.24) is 16.0 Å². The lowest BCUT2D eigenvalue weighted by molar-refractivity contribution is 0.233. The Balaban J connectivity index is 2.12. The van der Waals surface area contributed by atoms with E-state index in [-0.39, 0.29) is 18.7 Å². The predicted molar refractivity (Wildman–Crippen MR) is 58.7 cm³/mol. The zero-order valence-electron chi connectivity index (χ0n) is 9.09. The Labute approximate surface area is 90.6 Å². The quantitative estimate of drug-likeness (QED) is 0.491. The molecule has 5 heteroatoms. The fourth-order valence-corrected chi connectivity index (χ4v) is 1.66. The molecule has 1 fully saturated rings. The van der Waals surface area contributed by atoms with Crippen LogP contribution < -0.4 is 16.0 Å². The highest BCUT2D eigenvalue weighted by Crippen LogP contribution is 2.03. The van der Waals surface area contributed by atoms with Gasteiger partial charge in [-0.05, 0) is 25.8 Å². The minimum atomic E-state index is -0.128. The van der Waals surface area contributed by atoms with Crippen molar-refractivity contribution in [3.05, 3.63) is 0 Å². The van der Waals surface area contributed by atoms with Crippen molar-refractivity contribution in [3.8, 4) is 0 Å². The Morgan fingerprint density at radius 2 is 2.33 bits per heavy atom. The Bertz CT molecular complexity index is 180. The molecular formula is C10H21N3O2. The molecule has 1 rings (SSSR count). The normalized spacial score (nSPS) is 21.8. The van der Waals surface area contributed by atoms with Crippen LogP contribution in [0.2, 0.25) is 0 Å². The fraction of sp³-hybridized carbons (Fsp3) is 0.900. The summed E-state index contributed by atoms with van der Waals surface area (Å²) in [6, 6.07) is 0.110. The van der Waals surface area contributed by atoms with Crippen LogP contribution in [0.5, 0.6) is 0 Å². The summed E-state index contributed by atoms with van der Waals surface area (Å²) in [5.74, 6) is 0. The maximum Gasteiger partial charge on any atom is 0.315 e. The second-order valence-corrected chi connectivity index (χ2v) is 3.87. The van der Waals surface area contributed by atoms with Crippen molar-refractivity contribution in [2.75, 3.05) is 26.2 Å². The number of urea groups is 1. The molecule has 2 amide bonds. The maximum atomic E-state index is 11.4. The first-order chi connectivity index (χ1) is 7.33. The molecule has 1 aliphatic rings. The number of hydrogen-bond donors (Lipinski definition) is 4. The van der Waals surface area contributed by atoms with Crippen LogP contribution in [0.1, 0.15) is 25.7 Å². The molecule has 0 bridgehead atoms. The van der Waals surface area contributed by atoms with Crippen molar-refractivity contribution < 1.29 is 9.90 Å². The summed E-state index contributed by atoms with van der Waals surface area (Å²) in [7, 11) is 0. The molecule has 1 atom stereocenters. The van der Waals surface area contributed by atoms with E-state index >= 15 is 0 Å². The van der Waals surface area contributed by atoms with E-state index in [0.717, 1.165) is 25.9 Å². The van der Waals surface area contributed by atoms with Gasteiger partial charge in [0, 0.05) is 25.7 Å². The summed E-state index contributed by atoms with van der Waals surface area (Å²) in [5.41, 5.74) is 0. The molecule has 1 saturated heterocycles. The van der Waals surface area contributed by atoms with E-state index in [1.165, 1.54) is 6.42 Å². The minimum absolute atomic E-state index is 0.116. The third kappa shape index (κ3) is 5.59. The first-order valence-electron chi connectivity index (χ1n) is 5.69. The van der Waals surface area contributed by atoms with Crippen molar-refractivity contribution in [3.63, 3.8) is 0 Å². The molecule has 0 aliphatic carbocycles. The molecule has 1 heterocycles. The minimum Gasteiger partial charge on any atom is -0.396 e. The number of carbonyl (C=O) groups is 1. The summed E-state index contributed by atoms with van der Waals surface area (Å²) in [6.45, 7) is 2.55. The zero-order valence-corrected chi connectivity index (χ0v) is 9.09. The van der Waals surface area contributed by atoms with Gasteiger partial charge in [0.2, 0.25) is 0 Å². The van der Waals surface area contributed by atoms with Gasteiger partial charge in [0.1, 0.15) is 0 Å². The van der Waals surface area contributed by atoms with Gasteiger partial charge < -0.3 is 21.1 Å². The van der Waals surface area contributed by atoms with E-state index in [1.807, 2.05) is 0 Å². The SMILES string of the molecule is O=C(NCCCO)NC1CCCCNC1. The molecule has 0 aromatic heterocycles. The molecule has 15 heavy (non-hydrogen) atoms. The molecule has 0 radical (unpaired) electrons. The lowest BCUT2D eigenvalue weighted by atomic mass is 10.1. The molecule has 0 spiro atoms. The van der Waals surface area contributed by atoms with Crippen molar-refractivity contribution in [2.24, 2.45) is 0 Å². The number of rotatable bonds is 4. The van der Waals surface area contributed by atoms with E-state index < -0.39 is 0 Å². The Morgan fingerprint density at radius 1 is 1.47 bits per heavy atom. The Hall–Kier alpha value is -0.810. The van der Waals surface area contributed by atoms with E-state index in [9.17, 15) is 4.79 Å². The van der Waals surface area contributed by atoms with Crippen LogP contribution in [-0.4, -0.2) is 43.4 Å². The molecular weight excluding hydrogens is 194 g/mol. The van der Waals surface area contributed by atoms with Crippen LogP contribution in [-0.2, 0) is 0 Å². The summed E-state index contributed by atoms with van der Waals surface area (Å²) in [4.78, 5) is 11.4. The van der Waals surface area contributed by atoms with Gasteiger partial charge in [0.25, 0.3) is 0 Å². The summed E-state index contributed by atoms with van der Waals surface area (Å²) >= 11 is 0. The third-order valence-electron chi connectivity index (χ3n) is 2.50. The van der Waals surface area contributed by atoms with Crippen molar-refractivity contribution in [1.29, 1.82) is 0 Å². The molecule has 0 saturated carbocycles. The number of amides is 2. The van der Waals surface area contributed by atoms with Crippen LogP contribution in [0.3, 0.4) is 0 Å². The van der Waals surface area contributed by atoms with Gasteiger partial charge in [0.05, 0.1) is 0 Å². The second-order valence-electron chi connectivity index (χ2n) is 3.87.